The Hall–Kier alpha value is -2.66. The summed E-state index contributed by atoms with van der Waals surface area (Å²) in [7, 11) is 0. The molecule has 0 radical (unpaired) electrons. The van der Waals surface area contributed by atoms with Gasteiger partial charge in [-0.15, -0.1) is 5.10 Å². The second-order valence-electron chi connectivity index (χ2n) is 5.58. The summed E-state index contributed by atoms with van der Waals surface area (Å²) in [6.07, 6.45) is 0. The van der Waals surface area contributed by atoms with Gasteiger partial charge in [-0.25, -0.2) is 4.68 Å². The zero-order chi connectivity index (χ0) is 17.1. The van der Waals surface area contributed by atoms with Gasteiger partial charge >= 0.3 is 0 Å². The lowest BCUT2D eigenvalue weighted by Crippen LogP contribution is -2.24. The number of halogens is 1. The van der Waals surface area contributed by atoms with E-state index in [0.29, 0.717) is 23.0 Å². The average Bonchev–Trinajstić information content (AvgIpc) is 2.96. The summed E-state index contributed by atoms with van der Waals surface area (Å²) in [6.45, 7) is 4.25. The lowest BCUT2D eigenvalue weighted by atomic mass is 10.2. The van der Waals surface area contributed by atoms with Crippen LogP contribution < -0.4 is 5.32 Å². The molecule has 0 aliphatic rings. The van der Waals surface area contributed by atoms with E-state index in [2.05, 4.69) is 15.6 Å². The number of aromatic nitrogens is 3. The number of nitrogens with one attached hydrogen (secondary N) is 1. The minimum absolute atomic E-state index is 0.249. The van der Waals surface area contributed by atoms with Crippen molar-refractivity contribution in [3.8, 4) is 5.69 Å². The maximum atomic E-state index is 12.4. The van der Waals surface area contributed by atoms with E-state index < -0.39 is 0 Å². The number of carbonyl (C=O) groups excluding carboxylic acids is 1. The van der Waals surface area contributed by atoms with Crippen LogP contribution in [0.2, 0.25) is 5.02 Å². The second-order valence-corrected chi connectivity index (χ2v) is 6.02. The van der Waals surface area contributed by atoms with E-state index in [0.717, 1.165) is 16.8 Å². The van der Waals surface area contributed by atoms with Gasteiger partial charge in [0.2, 0.25) is 0 Å². The van der Waals surface area contributed by atoms with Gasteiger partial charge in [0.1, 0.15) is 0 Å². The molecular formula is C18H17ClN4O. The van der Waals surface area contributed by atoms with Gasteiger partial charge in [-0.3, -0.25) is 4.79 Å². The van der Waals surface area contributed by atoms with E-state index in [1.807, 2.05) is 50.2 Å². The van der Waals surface area contributed by atoms with Gasteiger partial charge in [-0.2, -0.15) is 0 Å². The smallest absolute Gasteiger partial charge is 0.274 e. The largest absolute Gasteiger partial charge is 0.347 e. The van der Waals surface area contributed by atoms with E-state index in [1.165, 1.54) is 0 Å². The highest BCUT2D eigenvalue weighted by molar-refractivity contribution is 6.30. The molecule has 0 aliphatic carbocycles. The van der Waals surface area contributed by atoms with Gasteiger partial charge in [0.05, 0.1) is 11.4 Å². The lowest BCUT2D eigenvalue weighted by molar-refractivity contribution is 0.0945. The molecule has 1 N–H and O–H groups in total. The summed E-state index contributed by atoms with van der Waals surface area (Å²) >= 11 is 5.85. The van der Waals surface area contributed by atoms with Crippen molar-refractivity contribution in [2.75, 3.05) is 0 Å². The topological polar surface area (TPSA) is 59.8 Å². The van der Waals surface area contributed by atoms with Crippen molar-refractivity contribution >= 4 is 17.5 Å². The first-order chi connectivity index (χ1) is 11.5. The van der Waals surface area contributed by atoms with Crippen LogP contribution >= 0.6 is 11.6 Å². The van der Waals surface area contributed by atoms with E-state index in [4.69, 9.17) is 11.6 Å². The van der Waals surface area contributed by atoms with Crippen LogP contribution in [0.5, 0.6) is 0 Å². The van der Waals surface area contributed by atoms with Crippen molar-refractivity contribution in [3.63, 3.8) is 0 Å². The van der Waals surface area contributed by atoms with Gasteiger partial charge in [0, 0.05) is 11.6 Å². The van der Waals surface area contributed by atoms with E-state index in [9.17, 15) is 4.79 Å². The fourth-order valence-electron chi connectivity index (χ4n) is 2.41. The fraction of sp³-hybridized carbons (Fsp3) is 0.167. The molecule has 2 aromatic carbocycles. The minimum atomic E-state index is -0.249. The third kappa shape index (κ3) is 3.46. The first-order valence-corrected chi connectivity index (χ1v) is 7.94. The first kappa shape index (κ1) is 16.2. The molecule has 0 saturated carbocycles. The third-order valence-electron chi connectivity index (χ3n) is 3.72. The molecular weight excluding hydrogens is 324 g/mol. The van der Waals surface area contributed by atoms with Crippen LogP contribution in [0.4, 0.5) is 0 Å². The molecule has 0 atom stereocenters. The molecule has 0 spiro atoms. The Morgan fingerprint density at radius 3 is 2.62 bits per heavy atom. The summed E-state index contributed by atoms with van der Waals surface area (Å²) in [5.74, 6) is -0.249. The summed E-state index contributed by atoms with van der Waals surface area (Å²) in [4.78, 5) is 12.4. The van der Waals surface area contributed by atoms with Crippen molar-refractivity contribution in [1.29, 1.82) is 0 Å². The Morgan fingerprint density at radius 2 is 1.92 bits per heavy atom. The fourth-order valence-corrected chi connectivity index (χ4v) is 2.54. The summed E-state index contributed by atoms with van der Waals surface area (Å²) in [6, 6.07) is 15.2. The van der Waals surface area contributed by atoms with Crippen LogP contribution in [0.25, 0.3) is 5.69 Å². The third-order valence-corrected chi connectivity index (χ3v) is 3.97. The number of carbonyl (C=O) groups is 1. The Labute approximate surface area is 145 Å². The Balaban J connectivity index is 1.75. The SMILES string of the molecule is Cc1cccc(-n2nnc(C(=O)NCc3ccc(Cl)cc3)c2C)c1. The van der Waals surface area contributed by atoms with Crippen LogP contribution in [0.15, 0.2) is 48.5 Å². The number of hydrogen-bond donors (Lipinski definition) is 1. The van der Waals surface area contributed by atoms with Gasteiger partial charge in [0.25, 0.3) is 5.91 Å². The van der Waals surface area contributed by atoms with Crippen molar-refractivity contribution < 1.29 is 4.79 Å². The highest BCUT2D eigenvalue weighted by Crippen LogP contribution is 2.14. The second kappa shape index (κ2) is 6.84. The summed E-state index contributed by atoms with van der Waals surface area (Å²) in [5.41, 5.74) is 4.00. The van der Waals surface area contributed by atoms with Crippen molar-refractivity contribution in [3.05, 3.63) is 76.1 Å². The highest BCUT2D eigenvalue weighted by Gasteiger charge is 2.17. The predicted molar refractivity (Wildman–Crippen MR) is 93.5 cm³/mol. The molecule has 122 valence electrons. The van der Waals surface area contributed by atoms with Crippen LogP contribution in [-0.2, 0) is 6.54 Å². The van der Waals surface area contributed by atoms with E-state index in [1.54, 1.807) is 16.8 Å². The number of rotatable bonds is 4. The number of aryl methyl sites for hydroxylation is 1. The first-order valence-electron chi connectivity index (χ1n) is 7.56. The van der Waals surface area contributed by atoms with Crippen LogP contribution in [0.3, 0.4) is 0 Å². The Kier molecular flexibility index (Phi) is 4.62. The van der Waals surface area contributed by atoms with Gasteiger partial charge in [-0.1, -0.05) is 41.1 Å². The van der Waals surface area contributed by atoms with Crippen molar-refractivity contribution in [1.82, 2.24) is 20.3 Å². The van der Waals surface area contributed by atoms with Gasteiger partial charge in [0.15, 0.2) is 5.69 Å². The number of benzene rings is 2. The monoisotopic (exact) mass is 340 g/mol. The van der Waals surface area contributed by atoms with E-state index >= 15 is 0 Å². The number of amides is 1. The summed E-state index contributed by atoms with van der Waals surface area (Å²) < 4.78 is 1.67. The van der Waals surface area contributed by atoms with Crippen molar-refractivity contribution in [2.24, 2.45) is 0 Å². The molecule has 0 fully saturated rings. The molecule has 1 heterocycles. The molecule has 1 aromatic heterocycles. The average molecular weight is 341 g/mol. The van der Waals surface area contributed by atoms with Crippen molar-refractivity contribution in [2.45, 2.75) is 20.4 Å². The molecule has 24 heavy (non-hydrogen) atoms. The van der Waals surface area contributed by atoms with Gasteiger partial charge in [-0.05, 0) is 49.2 Å². The van der Waals surface area contributed by atoms with E-state index in [-0.39, 0.29) is 5.91 Å². The molecule has 1 amide bonds. The predicted octanol–water partition coefficient (Wildman–Crippen LogP) is 3.47. The molecule has 0 saturated heterocycles. The summed E-state index contributed by atoms with van der Waals surface area (Å²) in [5, 5.41) is 11.7. The lowest BCUT2D eigenvalue weighted by Gasteiger charge is -2.06. The van der Waals surface area contributed by atoms with Gasteiger partial charge < -0.3 is 5.32 Å². The zero-order valence-electron chi connectivity index (χ0n) is 13.5. The Morgan fingerprint density at radius 1 is 1.17 bits per heavy atom. The molecule has 3 aromatic rings. The van der Waals surface area contributed by atoms with Crippen LogP contribution in [-0.4, -0.2) is 20.9 Å². The minimum Gasteiger partial charge on any atom is -0.347 e. The van der Waals surface area contributed by atoms with Crippen LogP contribution in [0.1, 0.15) is 27.3 Å². The Bertz CT molecular complexity index is 871. The quantitative estimate of drug-likeness (QED) is 0.791. The highest BCUT2D eigenvalue weighted by atomic mass is 35.5. The molecule has 0 bridgehead atoms. The maximum absolute atomic E-state index is 12.4. The standard InChI is InChI=1S/C18H17ClN4O/c1-12-4-3-5-16(10-12)23-13(2)17(21-22-23)18(24)20-11-14-6-8-15(19)9-7-14/h3-10H,11H2,1-2H3,(H,20,24). The number of nitrogens with zero attached hydrogens (tertiary/aromatic N) is 3. The molecule has 5 nitrogen and oxygen atoms in total. The normalized spacial score (nSPS) is 10.6. The molecule has 0 aliphatic heterocycles. The molecule has 0 unspecified atom stereocenters. The molecule has 6 heteroatoms. The van der Waals surface area contributed by atoms with Crippen LogP contribution in [0, 0.1) is 13.8 Å². The zero-order valence-corrected chi connectivity index (χ0v) is 14.2. The maximum Gasteiger partial charge on any atom is 0.274 e. The molecule has 3 rings (SSSR count). The number of hydrogen-bond acceptors (Lipinski definition) is 3.